The van der Waals surface area contributed by atoms with Crippen LogP contribution < -0.4 is 14.8 Å². The van der Waals surface area contributed by atoms with Crippen LogP contribution in [0, 0.1) is 32.1 Å². The van der Waals surface area contributed by atoms with E-state index in [1.807, 2.05) is 69.3 Å². The Morgan fingerprint density at radius 1 is 1.09 bits per heavy atom. The van der Waals surface area contributed by atoms with E-state index in [4.69, 9.17) is 4.74 Å². The Balaban J connectivity index is 2.05. The maximum atomic E-state index is 13.7. The number of aromatic nitrogens is 1. The number of amides is 1. The van der Waals surface area contributed by atoms with Crippen LogP contribution in [0.5, 0.6) is 0 Å². The van der Waals surface area contributed by atoms with Gasteiger partial charge in [-0.25, -0.2) is 0 Å². The van der Waals surface area contributed by atoms with Gasteiger partial charge in [0, 0.05) is 13.1 Å². The highest BCUT2D eigenvalue weighted by Gasteiger charge is 2.24. The fourth-order valence-electron chi connectivity index (χ4n) is 4.03. The molecule has 1 aromatic heterocycles. The van der Waals surface area contributed by atoms with Crippen molar-refractivity contribution in [3.8, 4) is 11.8 Å². The van der Waals surface area contributed by atoms with Crippen molar-refractivity contribution in [3.63, 3.8) is 0 Å². The van der Waals surface area contributed by atoms with Crippen LogP contribution in [0.2, 0.25) is 0 Å². The summed E-state index contributed by atoms with van der Waals surface area (Å²) in [6.45, 7) is 7.56. The lowest BCUT2D eigenvalue weighted by Crippen LogP contribution is -2.42. The lowest BCUT2D eigenvalue weighted by atomic mass is 10.1. The molecule has 1 fully saturated rings. The number of nitrogens with zero attached hydrogens (tertiary/aromatic N) is 3. The van der Waals surface area contributed by atoms with Crippen LogP contribution in [0.3, 0.4) is 0 Å². The number of benzene rings is 2. The van der Waals surface area contributed by atoms with Gasteiger partial charge < -0.3 is 9.64 Å². The summed E-state index contributed by atoms with van der Waals surface area (Å²) in [7, 11) is 0. The highest BCUT2D eigenvalue weighted by Crippen LogP contribution is 2.16. The molecular formula is C26H25N3O3S. The second kappa shape index (κ2) is 9.57. The monoisotopic (exact) mass is 459 g/mol. The van der Waals surface area contributed by atoms with Gasteiger partial charge in [-0.3, -0.25) is 14.2 Å². The number of aryl methyl sites for hydroxylation is 3. The molecule has 0 N–H and O–H groups in total. The molecule has 2 heterocycles. The number of carbonyl (C=O) groups is 1. The molecule has 3 aromatic rings. The van der Waals surface area contributed by atoms with E-state index in [9.17, 15) is 14.9 Å². The lowest BCUT2D eigenvalue weighted by Gasteiger charge is -2.26. The predicted molar refractivity (Wildman–Crippen MR) is 130 cm³/mol. The molecule has 168 valence electrons. The SMILES string of the molecule is Cc1cccc(/C=c2\s/c(=C(/C#N)C(=O)N3CCOCC3)n(-c3c(C)cccc3C)c2=O)c1. The minimum absolute atomic E-state index is 0.0226. The van der Waals surface area contributed by atoms with Gasteiger partial charge in [-0.05, 0) is 43.5 Å². The van der Waals surface area contributed by atoms with Crippen molar-refractivity contribution in [1.29, 1.82) is 5.26 Å². The number of hydrogen-bond acceptors (Lipinski definition) is 5. The molecule has 4 rings (SSSR count). The molecule has 0 radical (unpaired) electrons. The third kappa shape index (κ3) is 4.54. The summed E-state index contributed by atoms with van der Waals surface area (Å²) in [5.74, 6) is -0.371. The fraction of sp³-hybridized carbons (Fsp3) is 0.269. The summed E-state index contributed by atoms with van der Waals surface area (Å²) < 4.78 is 7.71. The summed E-state index contributed by atoms with van der Waals surface area (Å²) >= 11 is 1.18. The highest BCUT2D eigenvalue weighted by atomic mass is 32.1. The van der Waals surface area contributed by atoms with E-state index in [0.717, 1.165) is 22.3 Å². The Morgan fingerprint density at radius 3 is 2.39 bits per heavy atom. The maximum Gasteiger partial charge on any atom is 0.273 e. The van der Waals surface area contributed by atoms with E-state index in [2.05, 4.69) is 6.07 Å². The molecule has 0 saturated carbocycles. The Hall–Kier alpha value is -3.47. The molecule has 2 aromatic carbocycles. The Morgan fingerprint density at radius 2 is 1.76 bits per heavy atom. The highest BCUT2D eigenvalue weighted by molar-refractivity contribution is 7.07. The topological polar surface area (TPSA) is 75.3 Å². The van der Waals surface area contributed by atoms with E-state index in [-0.39, 0.29) is 17.0 Å². The van der Waals surface area contributed by atoms with Crippen molar-refractivity contribution in [1.82, 2.24) is 9.47 Å². The van der Waals surface area contributed by atoms with Crippen molar-refractivity contribution < 1.29 is 9.53 Å². The van der Waals surface area contributed by atoms with Crippen LogP contribution >= 0.6 is 11.3 Å². The van der Waals surface area contributed by atoms with Crippen LogP contribution in [0.25, 0.3) is 17.3 Å². The van der Waals surface area contributed by atoms with Gasteiger partial charge in [0.2, 0.25) is 0 Å². The smallest absolute Gasteiger partial charge is 0.273 e. The molecule has 0 spiro atoms. The molecule has 0 unspecified atom stereocenters. The minimum atomic E-state index is -0.371. The molecule has 33 heavy (non-hydrogen) atoms. The predicted octanol–water partition coefficient (Wildman–Crippen LogP) is 2.19. The van der Waals surface area contributed by atoms with Crippen molar-refractivity contribution in [2.24, 2.45) is 0 Å². The molecule has 1 aliphatic heterocycles. The summed E-state index contributed by atoms with van der Waals surface area (Å²) in [6, 6.07) is 15.7. The molecule has 6 nitrogen and oxygen atoms in total. The van der Waals surface area contributed by atoms with E-state index >= 15 is 0 Å². The Kier molecular flexibility index (Phi) is 6.59. The van der Waals surface area contributed by atoms with Crippen molar-refractivity contribution in [3.05, 3.63) is 84.3 Å². The van der Waals surface area contributed by atoms with Gasteiger partial charge in [0.25, 0.3) is 11.5 Å². The molecule has 1 aliphatic rings. The number of rotatable bonds is 3. The van der Waals surface area contributed by atoms with Crippen LogP contribution in [0.4, 0.5) is 0 Å². The first-order valence-corrected chi connectivity index (χ1v) is 11.6. The van der Waals surface area contributed by atoms with Crippen LogP contribution in [0.1, 0.15) is 22.3 Å². The molecule has 1 amide bonds. The average molecular weight is 460 g/mol. The van der Waals surface area contributed by atoms with Crippen molar-refractivity contribution in [2.45, 2.75) is 20.8 Å². The largest absolute Gasteiger partial charge is 0.378 e. The lowest BCUT2D eigenvalue weighted by molar-refractivity contribution is -0.128. The second-order valence-electron chi connectivity index (χ2n) is 8.10. The van der Waals surface area contributed by atoms with Crippen LogP contribution in [-0.2, 0) is 9.53 Å². The molecule has 0 bridgehead atoms. The number of carbonyl (C=O) groups excluding carboxylic acids is 1. The third-order valence-corrected chi connectivity index (χ3v) is 6.76. The van der Waals surface area contributed by atoms with Gasteiger partial charge in [-0.1, -0.05) is 48.0 Å². The molecular weight excluding hydrogens is 434 g/mol. The first-order chi connectivity index (χ1) is 15.9. The number of para-hydroxylation sites is 1. The molecule has 0 atom stereocenters. The zero-order valence-electron chi connectivity index (χ0n) is 18.9. The summed E-state index contributed by atoms with van der Waals surface area (Å²) in [5, 5.41) is 10.0. The Bertz CT molecular complexity index is 1420. The van der Waals surface area contributed by atoms with Gasteiger partial charge in [0.05, 0.1) is 23.4 Å². The van der Waals surface area contributed by atoms with Crippen LogP contribution in [-0.4, -0.2) is 41.7 Å². The number of nitriles is 1. The van der Waals surface area contributed by atoms with Gasteiger partial charge >= 0.3 is 0 Å². The number of morpholine rings is 1. The number of ether oxygens (including phenoxy) is 1. The molecule has 0 aliphatic carbocycles. The number of thiazole rings is 1. The zero-order chi connectivity index (χ0) is 23.5. The molecule has 7 heteroatoms. The Labute approximate surface area is 196 Å². The van der Waals surface area contributed by atoms with Gasteiger partial charge in [-0.15, -0.1) is 11.3 Å². The first kappa shape index (κ1) is 22.7. The maximum absolute atomic E-state index is 13.7. The van der Waals surface area contributed by atoms with Crippen molar-refractivity contribution in [2.75, 3.05) is 26.3 Å². The summed E-state index contributed by atoms with van der Waals surface area (Å²) in [6.07, 6.45) is 1.82. The third-order valence-electron chi connectivity index (χ3n) is 5.66. The van der Waals surface area contributed by atoms with Gasteiger partial charge in [-0.2, -0.15) is 5.26 Å². The fourth-order valence-corrected chi connectivity index (χ4v) is 5.12. The first-order valence-electron chi connectivity index (χ1n) is 10.8. The summed E-state index contributed by atoms with van der Waals surface area (Å²) in [5.41, 5.74) is 4.22. The average Bonchev–Trinajstić information content (AvgIpc) is 3.10. The minimum Gasteiger partial charge on any atom is -0.378 e. The van der Waals surface area contributed by atoms with E-state index < -0.39 is 0 Å². The quantitative estimate of drug-likeness (QED) is 0.602. The second-order valence-corrected chi connectivity index (χ2v) is 9.13. The molecule has 1 saturated heterocycles. The summed E-state index contributed by atoms with van der Waals surface area (Å²) in [4.78, 5) is 28.6. The van der Waals surface area contributed by atoms with Gasteiger partial charge in [0.1, 0.15) is 10.7 Å². The van der Waals surface area contributed by atoms with Gasteiger partial charge in [0.15, 0.2) is 5.57 Å². The van der Waals surface area contributed by atoms with E-state index in [0.29, 0.717) is 41.2 Å². The standard InChI is InChI=1S/C26H25N3O3S/c1-17-6-4-9-20(14-17)15-22-25(31)29(23-18(2)7-5-8-19(23)3)26(33-22)21(16-27)24(30)28-10-12-32-13-11-28/h4-9,14-15H,10-13H2,1-3H3/b22-15-,26-21-. The van der Waals surface area contributed by atoms with E-state index in [1.54, 1.807) is 4.90 Å². The van der Waals surface area contributed by atoms with E-state index in [1.165, 1.54) is 15.9 Å². The van der Waals surface area contributed by atoms with Crippen LogP contribution in [0.15, 0.2) is 47.3 Å². The number of hydrogen-bond donors (Lipinski definition) is 0. The van der Waals surface area contributed by atoms with Crippen molar-refractivity contribution >= 4 is 28.9 Å². The zero-order valence-corrected chi connectivity index (χ0v) is 19.7. The normalized spacial score (nSPS) is 15.3.